The molecule has 0 radical (unpaired) electrons. The van der Waals surface area contributed by atoms with Crippen molar-refractivity contribution in [1.29, 1.82) is 0 Å². The first-order valence-electron chi connectivity index (χ1n) is 12.2. The number of rotatable bonds is 17. The summed E-state index contributed by atoms with van der Waals surface area (Å²) in [5.74, 6) is -2.04. The van der Waals surface area contributed by atoms with E-state index >= 15 is 0 Å². The van der Waals surface area contributed by atoms with Gasteiger partial charge in [0.15, 0.2) is 23.0 Å². The van der Waals surface area contributed by atoms with Gasteiger partial charge in [0.1, 0.15) is 50.1 Å². The predicted molar refractivity (Wildman–Crippen MR) is 156 cm³/mol. The topological polar surface area (TPSA) is 142 Å². The number of ether oxygens (including phenoxy) is 8. The molecule has 12 nitrogen and oxygen atoms in total. The van der Waals surface area contributed by atoms with Crippen LogP contribution in [-0.4, -0.2) is 23.9 Å². The number of hydrogen-bond acceptors (Lipinski definition) is 12. The zero-order valence-corrected chi connectivity index (χ0v) is 23.1. The lowest BCUT2D eigenvalue weighted by molar-refractivity contribution is -0.133. The second-order valence-electron chi connectivity index (χ2n) is 7.45. The largest absolute Gasteiger partial charge is 0.458 e. The van der Waals surface area contributed by atoms with Gasteiger partial charge in [-0.15, -0.1) is 0 Å². The van der Waals surface area contributed by atoms with Crippen LogP contribution in [0.1, 0.15) is 0 Å². The molecule has 0 saturated carbocycles. The Balaban J connectivity index is 2.41. The molecule has 2 rings (SSSR count). The molecule has 0 heterocycles. The van der Waals surface area contributed by atoms with Gasteiger partial charge in [0.05, 0.1) is 0 Å². The van der Waals surface area contributed by atoms with Crippen LogP contribution in [-0.2, 0) is 38.1 Å². The van der Waals surface area contributed by atoms with E-state index in [-0.39, 0.29) is 23.0 Å². The average Bonchev–Trinajstić information content (AvgIpc) is 3.05. The Hall–Kier alpha value is -6.56. The van der Waals surface area contributed by atoms with Gasteiger partial charge < -0.3 is 37.9 Å². The van der Waals surface area contributed by atoms with Crippen LogP contribution in [0.3, 0.4) is 0 Å². The van der Waals surface area contributed by atoms with Crippen LogP contribution >= 0.6 is 0 Å². The van der Waals surface area contributed by atoms with E-state index in [1.54, 1.807) is 36.4 Å². The first-order valence-corrected chi connectivity index (χ1v) is 12.2. The fourth-order valence-electron chi connectivity index (χ4n) is 2.73. The van der Waals surface area contributed by atoms with Crippen molar-refractivity contribution in [2.75, 3.05) is 0 Å². The monoisotopic (exact) mass is 602 g/mol. The minimum absolute atomic E-state index is 0.166. The van der Waals surface area contributed by atoms with Crippen molar-refractivity contribution in [2.45, 2.75) is 0 Å². The molecule has 0 unspecified atom stereocenters. The molecule has 0 saturated heterocycles. The van der Waals surface area contributed by atoms with Crippen molar-refractivity contribution in [3.63, 3.8) is 0 Å². The Labute approximate surface area is 252 Å². The third kappa shape index (κ3) is 11.9. The quantitative estimate of drug-likeness (QED) is 0.0953. The minimum atomic E-state index is -0.695. The molecule has 0 amide bonds. The van der Waals surface area contributed by atoms with Crippen LogP contribution in [0.25, 0.3) is 11.1 Å². The maximum Gasteiger partial charge on any atom is 0.335 e. The lowest BCUT2D eigenvalue weighted by atomic mass is 10.0. The first kappa shape index (κ1) is 33.6. The summed E-state index contributed by atoms with van der Waals surface area (Å²) < 4.78 is 41.2. The Morgan fingerprint density at radius 1 is 0.409 bits per heavy atom. The number of esters is 4. The standard InChI is InChI=1S/C32H26O12/c1-5-29(33)41-17-13-37-25-11-9-23(21-27(25)39-15-19-43-31(35)7-3)24-10-12-26(38-14-18-42-30(34)6-2)28(22-24)40-16-20-44-32(36)8-4/h5-22H,1-4H2. The molecule has 0 N–H and O–H groups in total. The number of benzene rings is 2. The summed E-state index contributed by atoms with van der Waals surface area (Å²) in [7, 11) is 0. The zero-order chi connectivity index (χ0) is 32.2. The molecule has 0 aromatic heterocycles. The summed E-state index contributed by atoms with van der Waals surface area (Å²) in [6.45, 7) is 13.2. The third-order valence-corrected chi connectivity index (χ3v) is 4.63. The van der Waals surface area contributed by atoms with Crippen LogP contribution in [0.5, 0.6) is 23.0 Å². The molecule has 0 aliphatic heterocycles. The van der Waals surface area contributed by atoms with E-state index in [0.29, 0.717) is 11.1 Å². The normalized spacial score (nSPS) is 10.6. The predicted octanol–water partition coefficient (Wildman–Crippen LogP) is 5.67. The zero-order valence-electron chi connectivity index (χ0n) is 23.1. The first-order chi connectivity index (χ1) is 21.3. The molecule has 0 aliphatic carbocycles. The minimum Gasteiger partial charge on any atom is -0.458 e. The summed E-state index contributed by atoms with van der Waals surface area (Å²) in [6.07, 6.45) is 12.4. The average molecular weight is 603 g/mol. The van der Waals surface area contributed by atoms with Crippen molar-refractivity contribution in [3.8, 4) is 34.1 Å². The Kier molecular flexibility index (Phi) is 14.3. The highest BCUT2D eigenvalue weighted by atomic mass is 16.6. The molecule has 226 valence electrons. The molecular formula is C32H26O12. The molecule has 0 fully saturated rings. The van der Waals surface area contributed by atoms with Crippen molar-refractivity contribution in [2.24, 2.45) is 0 Å². The lowest BCUT2D eigenvalue weighted by Gasteiger charge is -2.13. The van der Waals surface area contributed by atoms with Gasteiger partial charge in [-0.2, -0.15) is 0 Å². The SMILES string of the molecule is C=CC(=O)OC=COc1ccc(-c2ccc(OC=COC(=O)C=C)c(OC=COC(=O)C=C)c2)cc1OC=COC(=O)C=C. The van der Waals surface area contributed by atoms with Crippen molar-refractivity contribution in [3.05, 3.63) is 137 Å². The van der Waals surface area contributed by atoms with E-state index in [9.17, 15) is 19.2 Å². The van der Waals surface area contributed by atoms with E-state index in [4.69, 9.17) is 37.9 Å². The lowest BCUT2D eigenvalue weighted by Crippen LogP contribution is -1.96. The molecule has 2 aromatic carbocycles. The van der Waals surface area contributed by atoms with Gasteiger partial charge in [-0.05, 0) is 35.4 Å². The van der Waals surface area contributed by atoms with Gasteiger partial charge in [0.25, 0.3) is 0 Å². The van der Waals surface area contributed by atoms with Crippen LogP contribution in [0.2, 0.25) is 0 Å². The molecule has 0 atom stereocenters. The molecular weight excluding hydrogens is 576 g/mol. The van der Waals surface area contributed by atoms with Gasteiger partial charge in [0.2, 0.25) is 0 Å². The van der Waals surface area contributed by atoms with E-state index in [2.05, 4.69) is 26.3 Å². The molecule has 2 aromatic rings. The van der Waals surface area contributed by atoms with E-state index in [1.165, 1.54) is 0 Å². The third-order valence-electron chi connectivity index (χ3n) is 4.63. The maximum atomic E-state index is 11.3. The van der Waals surface area contributed by atoms with Crippen molar-refractivity contribution >= 4 is 23.9 Å². The van der Waals surface area contributed by atoms with Gasteiger partial charge >= 0.3 is 23.9 Å². The van der Waals surface area contributed by atoms with Crippen molar-refractivity contribution in [1.82, 2.24) is 0 Å². The molecule has 44 heavy (non-hydrogen) atoms. The fourth-order valence-corrected chi connectivity index (χ4v) is 2.73. The molecule has 0 spiro atoms. The number of hydrogen-bond donors (Lipinski definition) is 0. The smallest absolute Gasteiger partial charge is 0.335 e. The highest BCUT2D eigenvalue weighted by molar-refractivity contribution is 5.82. The Bertz CT molecular complexity index is 1400. The Morgan fingerprint density at radius 3 is 0.955 bits per heavy atom. The summed E-state index contributed by atoms with van der Waals surface area (Å²) in [6, 6.07) is 9.67. The van der Waals surface area contributed by atoms with Crippen LogP contribution < -0.4 is 18.9 Å². The molecule has 0 aliphatic rings. The summed E-state index contributed by atoms with van der Waals surface area (Å²) in [5.41, 5.74) is 1.19. The van der Waals surface area contributed by atoms with Gasteiger partial charge in [-0.1, -0.05) is 38.4 Å². The van der Waals surface area contributed by atoms with E-state index in [0.717, 1.165) is 74.4 Å². The highest BCUT2D eigenvalue weighted by Gasteiger charge is 2.12. The second-order valence-corrected chi connectivity index (χ2v) is 7.45. The molecule has 0 bridgehead atoms. The summed E-state index contributed by atoms with van der Waals surface area (Å²) in [5, 5.41) is 0. The van der Waals surface area contributed by atoms with Gasteiger partial charge in [-0.3, -0.25) is 0 Å². The van der Waals surface area contributed by atoms with Crippen LogP contribution in [0.15, 0.2) is 137 Å². The van der Waals surface area contributed by atoms with Crippen molar-refractivity contribution < 1.29 is 57.1 Å². The Morgan fingerprint density at radius 2 is 0.682 bits per heavy atom. The summed E-state index contributed by atoms with van der Waals surface area (Å²) >= 11 is 0. The van der Waals surface area contributed by atoms with Crippen LogP contribution in [0.4, 0.5) is 0 Å². The highest BCUT2D eigenvalue weighted by Crippen LogP contribution is 2.37. The fraction of sp³-hybridized carbons (Fsp3) is 0. The summed E-state index contributed by atoms with van der Waals surface area (Å²) in [4.78, 5) is 45.1. The second kappa shape index (κ2) is 18.7. The van der Waals surface area contributed by atoms with Crippen LogP contribution in [0, 0.1) is 0 Å². The maximum absolute atomic E-state index is 11.3. The van der Waals surface area contributed by atoms with Gasteiger partial charge in [0, 0.05) is 24.3 Å². The number of carbonyl (C=O) groups excluding carboxylic acids is 4. The van der Waals surface area contributed by atoms with Gasteiger partial charge in [-0.25, -0.2) is 19.2 Å². The van der Waals surface area contributed by atoms with E-state index < -0.39 is 23.9 Å². The number of carbonyl (C=O) groups is 4. The van der Waals surface area contributed by atoms with E-state index in [1.807, 2.05) is 0 Å². The molecule has 12 heteroatoms.